The van der Waals surface area contributed by atoms with Gasteiger partial charge in [-0.2, -0.15) is 0 Å². The predicted octanol–water partition coefficient (Wildman–Crippen LogP) is 4.60. The summed E-state index contributed by atoms with van der Waals surface area (Å²) in [4.78, 5) is 10.6. The number of hydrogen-bond acceptors (Lipinski definition) is 2. The highest BCUT2D eigenvalue weighted by Gasteiger charge is 2.21. The highest BCUT2D eigenvalue weighted by atomic mass is 28.3. The van der Waals surface area contributed by atoms with E-state index >= 15 is 0 Å². The zero-order valence-electron chi connectivity index (χ0n) is 13.5. The van der Waals surface area contributed by atoms with E-state index in [0.29, 0.717) is 12.3 Å². The summed E-state index contributed by atoms with van der Waals surface area (Å²) in [6.07, 6.45) is 8.98. The fourth-order valence-electron chi connectivity index (χ4n) is 2.96. The summed E-state index contributed by atoms with van der Waals surface area (Å²) in [7, 11) is -1.04. The minimum atomic E-state index is -1.04. The van der Waals surface area contributed by atoms with Crippen molar-refractivity contribution >= 4 is 14.4 Å². The maximum Gasteiger partial charge on any atom is 0.122 e. The van der Waals surface area contributed by atoms with Crippen LogP contribution in [0, 0.1) is 5.92 Å². The first-order chi connectivity index (χ1) is 9.30. The molecule has 0 saturated carbocycles. The molecule has 1 rings (SSSR count). The van der Waals surface area contributed by atoms with E-state index in [1.807, 2.05) is 6.08 Å². The number of carbonyl (C=O) groups excluding carboxylic acids is 1. The van der Waals surface area contributed by atoms with E-state index in [0.717, 1.165) is 25.5 Å². The molecule has 1 aliphatic rings. The molecule has 3 atom stereocenters. The van der Waals surface area contributed by atoms with Crippen molar-refractivity contribution in [2.45, 2.75) is 70.5 Å². The summed E-state index contributed by atoms with van der Waals surface area (Å²) in [5, 5.41) is 0. The summed E-state index contributed by atoms with van der Waals surface area (Å²) < 4.78 is 5.94. The molecule has 0 fully saturated rings. The molecule has 0 aromatic carbocycles. The zero-order chi connectivity index (χ0) is 15.2. The van der Waals surface area contributed by atoms with Crippen LogP contribution in [-0.4, -0.2) is 26.6 Å². The van der Waals surface area contributed by atoms with Gasteiger partial charge in [-0.25, -0.2) is 0 Å². The van der Waals surface area contributed by atoms with Crippen molar-refractivity contribution in [1.82, 2.24) is 0 Å². The Labute approximate surface area is 125 Å². The van der Waals surface area contributed by atoms with Gasteiger partial charge in [-0.1, -0.05) is 44.3 Å². The molecule has 0 aliphatic carbocycles. The number of allylic oxidation sites excluding steroid dienone is 1. The van der Waals surface area contributed by atoms with Gasteiger partial charge in [0.1, 0.15) is 6.29 Å². The predicted molar refractivity (Wildman–Crippen MR) is 88.8 cm³/mol. The Morgan fingerprint density at radius 1 is 1.50 bits per heavy atom. The third-order valence-electron chi connectivity index (χ3n) is 3.53. The molecule has 114 valence electrons. The van der Waals surface area contributed by atoms with Gasteiger partial charge in [0.05, 0.1) is 12.2 Å². The van der Waals surface area contributed by atoms with Gasteiger partial charge in [-0.05, 0) is 31.2 Å². The van der Waals surface area contributed by atoms with E-state index in [2.05, 4.69) is 39.2 Å². The molecular weight excluding hydrogens is 264 g/mol. The molecule has 3 heteroatoms. The third kappa shape index (κ3) is 7.20. The highest BCUT2D eigenvalue weighted by molar-refractivity contribution is 6.76. The number of hydrogen-bond donors (Lipinski definition) is 0. The standard InChI is InChI=1S/C17H30O2Si/c1-14(11-15(2)13-20(3,4)5)12-17-8-6-7-16(19-17)9-10-18/h6-7,10,14,16-17H,2,8-9,11-13H2,1,3-5H3/t14-,16-,17-/m0/s1. The van der Waals surface area contributed by atoms with Crippen molar-refractivity contribution in [1.29, 1.82) is 0 Å². The van der Waals surface area contributed by atoms with E-state index in [9.17, 15) is 4.79 Å². The fourth-order valence-corrected chi connectivity index (χ4v) is 4.60. The molecule has 0 radical (unpaired) electrons. The van der Waals surface area contributed by atoms with E-state index in [4.69, 9.17) is 4.74 Å². The Hall–Kier alpha value is -0.673. The van der Waals surface area contributed by atoms with E-state index in [1.165, 1.54) is 11.6 Å². The normalized spacial score (nSPS) is 24.4. The lowest BCUT2D eigenvalue weighted by Crippen LogP contribution is -2.26. The lowest BCUT2D eigenvalue weighted by molar-refractivity contribution is -0.111. The van der Waals surface area contributed by atoms with Gasteiger partial charge in [0.15, 0.2) is 0 Å². The number of aldehydes is 1. The van der Waals surface area contributed by atoms with E-state index in [1.54, 1.807) is 0 Å². The van der Waals surface area contributed by atoms with Gasteiger partial charge in [0, 0.05) is 14.5 Å². The van der Waals surface area contributed by atoms with Crippen LogP contribution >= 0.6 is 0 Å². The van der Waals surface area contributed by atoms with Crippen LogP contribution in [0.5, 0.6) is 0 Å². The van der Waals surface area contributed by atoms with Crippen molar-refractivity contribution in [2.24, 2.45) is 5.92 Å². The van der Waals surface area contributed by atoms with Crippen LogP contribution in [0.2, 0.25) is 25.7 Å². The van der Waals surface area contributed by atoms with Crippen LogP contribution in [-0.2, 0) is 9.53 Å². The smallest absolute Gasteiger partial charge is 0.122 e. The van der Waals surface area contributed by atoms with Gasteiger partial charge in [0.2, 0.25) is 0 Å². The molecule has 0 saturated heterocycles. The second kappa shape index (κ2) is 7.94. The Balaban J connectivity index is 2.35. The largest absolute Gasteiger partial charge is 0.370 e. The molecule has 0 unspecified atom stereocenters. The van der Waals surface area contributed by atoms with Crippen LogP contribution in [0.3, 0.4) is 0 Å². The Kier molecular flexibility index (Phi) is 6.90. The second-order valence-electron chi connectivity index (χ2n) is 7.40. The monoisotopic (exact) mass is 294 g/mol. The molecule has 0 amide bonds. The lowest BCUT2D eigenvalue weighted by atomic mass is 9.94. The average Bonchev–Trinajstić information content (AvgIpc) is 2.26. The summed E-state index contributed by atoms with van der Waals surface area (Å²) in [5.74, 6) is 0.604. The number of carbonyl (C=O) groups is 1. The molecular formula is C17H30O2Si. The van der Waals surface area contributed by atoms with E-state index in [-0.39, 0.29) is 12.2 Å². The SMILES string of the molecule is C=C(C[C@H](C)C[C@@H]1CC=C[C@@H](CC=O)O1)C[Si](C)(C)C. The van der Waals surface area contributed by atoms with Gasteiger partial charge in [-0.3, -0.25) is 0 Å². The first-order valence-corrected chi connectivity index (χ1v) is 11.4. The maximum atomic E-state index is 10.6. The minimum absolute atomic E-state index is 0.0105. The third-order valence-corrected chi connectivity index (χ3v) is 5.09. The Bertz CT molecular complexity index is 354. The van der Waals surface area contributed by atoms with Crippen molar-refractivity contribution in [2.75, 3.05) is 0 Å². The molecule has 0 aromatic heterocycles. The quantitative estimate of drug-likeness (QED) is 0.371. The summed E-state index contributed by atoms with van der Waals surface area (Å²) in [5.41, 5.74) is 1.40. The minimum Gasteiger partial charge on any atom is -0.370 e. The molecule has 1 aliphatic heterocycles. The lowest BCUT2D eigenvalue weighted by Gasteiger charge is -2.28. The zero-order valence-corrected chi connectivity index (χ0v) is 14.5. The van der Waals surface area contributed by atoms with E-state index < -0.39 is 8.07 Å². The molecule has 0 N–H and O–H groups in total. The molecule has 0 spiro atoms. The first kappa shape index (κ1) is 17.4. The van der Waals surface area contributed by atoms with Crippen molar-refractivity contribution in [3.05, 3.63) is 24.3 Å². The van der Waals surface area contributed by atoms with Crippen LogP contribution in [0.4, 0.5) is 0 Å². The summed E-state index contributed by atoms with van der Waals surface area (Å²) in [6, 6.07) is 1.22. The average molecular weight is 295 g/mol. The topological polar surface area (TPSA) is 26.3 Å². The molecule has 20 heavy (non-hydrogen) atoms. The van der Waals surface area contributed by atoms with Crippen molar-refractivity contribution in [3.63, 3.8) is 0 Å². The Morgan fingerprint density at radius 2 is 2.20 bits per heavy atom. The fraction of sp³-hybridized carbons (Fsp3) is 0.706. The molecule has 0 bridgehead atoms. The maximum absolute atomic E-state index is 10.6. The van der Waals surface area contributed by atoms with Gasteiger partial charge in [-0.15, -0.1) is 6.58 Å². The summed E-state index contributed by atoms with van der Waals surface area (Å²) >= 11 is 0. The van der Waals surface area contributed by atoms with Crippen LogP contribution in [0.15, 0.2) is 24.3 Å². The Morgan fingerprint density at radius 3 is 2.80 bits per heavy atom. The van der Waals surface area contributed by atoms with Crippen LogP contribution in [0.25, 0.3) is 0 Å². The number of rotatable bonds is 8. The molecule has 1 heterocycles. The van der Waals surface area contributed by atoms with Gasteiger partial charge < -0.3 is 9.53 Å². The summed E-state index contributed by atoms with van der Waals surface area (Å²) in [6.45, 7) is 13.7. The van der Waals surface area contributed by atoms with Crippen molar-refractivity contribution < 1.29 is 9.53 Å². The molecule has 0 aromatic rings. The highest BCUT2D eigenvalue weighted by Crippen LogP contribution is 2.26. The van der Waals surface area contributed by atoms with Crippen LogP contribution in [0.1, 0.15) is 32.6 Å². The van der Waals surface area contributed by atoms with Gasteiger partial charge >= 0.3 is 0 Å². The van der Waals surface area contributed by atoms with Crippen LogP contribution < -0.4 is 0 Å². The number of ether oxygens (including phenoxy) is 1. The van der Waals surface area contributed by atoms with Crippen molar-refractivity contribution in [3.8, 4) is 0 Å². The first-order valence-electron chi connectivity index (χ1n) is 7.72. The molecule has 2 nitrogen and oxygen atoms in total. The second-order valence-corrected chi connectivity index (χ2v) is 12.9. The van der Waals surface area contributed by atoms with Gasteiger partial charge in [0.25, 0.3) is 0 Å².